The maximum absolute atomic E-state index is 14.2. The zero-order valence-electron chi connectivity index (χ0n) is 15.7. The second-order valence-corrected chi connectivity index (χ2v) is 7.66. The normalized spacial score (nSPS) is 15.7. The number of nitrogens with one attached hydrogen (secondary N) is 1. The zero-order chi connectivity index (χ0) is 21.0. The highest BCUT2D eigenvalue weighted by molar-refractivity contribution is 9.12. The van der Waals surface area contributed by atoms with E-state index in [-0.39, 0.29) is 16.7 Å². The second-order valence-electron chi connectivity index (χ2n) is 6.80. The molecule has 150 valence electrons. The Labute approximate surface area is 176 Å². The smallest absolute Gasteiger partial charge is 0.248 e. The van der Waals surface area contributed by atoms with Crippen LogP contribution in [0.1, 0.15) is 29.6 Å². The summed E-state index contributed by atoms with van der Waals surface area (Å²) in [5.74, 6) is -0.586. The van der Waals surface area contributed by atoms with Crippen molar-refractivity contribution in [1.29, 1.82) is 0 Å². The SMILES string of the molecule is C=C(/C(Br)=C\C=C/N)C1(Nc2ccc(-c3cc(C(N)=O)ccc3F)nn2)CCC1. The maximum atomic E-state index is 14.2. The van der Waals surface area contributed by atoms with Gasteiger partial charge in [0.2, 0.25) is 5.91 Å². The topological polar surface area (TPSA) is 107 Å². The van der Waals surface area contributed by atoms with Gasteiger partial charge in [-0.2, -0.15) is 0 Å². The molecule has 5 N–H and O–H groups in total. The standard InChI is InChI=1S/C21H21BrFN5O/c1-13(16(22)4-2-11-24)21(9-3-10-21)26-19-8-7-18(27-28-19)15-12-14(20(25)29)5-6-17(15)23/h2,4-8,11-12H,1,3,9-10,24H2,(H2,25,29)(H,26,28)/b11-2-,16-4+. The molecule has 6 nitrogen and oxygen atoms in total. The van der Waals surface area contributed by atoms with Crippen LogP contribution in [0.5, 0.6) is 0 Å². The van der Waals surface area contributed by atoms with Crippen molar-refractivity contribution >= 4 is 27.7 Å². The lowest BCUT2D eigenvalue weighted by Crippen LogP contribution is -2.47. The molecule has 1 fully saturated rings. The average Bonchev–Trinajstić information content (AvgIpc) is 2.69. The fourth-order valence-corrected chi connectivity index (χ4v) is 3.70. The number of hydrogen-bond donors (Lipinski definition) is 3. The minimum Gasteiger partial charge on any atom is -0.405 e. The second kappa shape index (κ2) is 8.57. The summed E-state index contributed by atoms with van der Waals surface area (Å²) in [5, 5.41) is 11.7. The summed E-state index contributed by atoms with van der Waals surface area (Å²) in [6.07, 6.45) is 7.89. The quantitative estimate of drug-likeness (QED) is 0.544. The Balaban J connectivity index is 1.83. The molecule has 1 aliphatic rings. The highest BCUT2D eigenvalue weighted by atomic mass is 79.9. The van der Waals surface area contributed by atoms with Crippen LogP contribution in [0.2, 0.25) is 0 Å². The first-order chi connectivity index (χ1) is 13.9. The highest BCUT2D eigenvalue weighted by Crippen LogP contribution is 2.44. The molecule has 0 spiro atoms. The molecule has 1 aromatic heterocycles. The predicted octanol–water partition coefficient (Wildman–Crippen LogP) is 4.02. The van der Waals surface area contributed by atoms with E-state index in [1.807, 2.05) is 6.08 Å². The van der Waals surface area contributed by atoms with Crippen molar-refractivity contribution in [3.8, 4) is 11.3 Å². The summed E-state index contributed by atoms with van der Waals surface area (Å²) in [4.78, 5) is 11.4. The lowest BCUT2D eigenvalue weighted by molar-refractivity contribution is 0.100. The largest absolute Gasteiger partial charge is 0.405 e. The van der Waals surface area contributed by atoms with Crippen LogP contribution in [0.3, 0.4) is 0 Å². The van der Waals surface area contributed by atoms with Gasteiger partial charge in [-0.1, -0.05) is 22.5 Å². The van der Waals surface area contributed by atoms with Crippen LogP contribution < -0.4 is 16.8 Å². The molecule has 1 heterocycles. The van der Waals surface area contributed by atoms with Gasteiger partial charge in [0.1, 0.15) is 11.6 Å². The van der Waals surface area contributed by atoms with Crippen molar-refractivity contribution in [2.24, 2.45) is 11.5 Å². The van der Waals surface area contributed by atoms with Gasteiger partial charge in [0.15, 0.2) is 0 Å². The number of halogens is 2. The molecule has 1 amide bonds. The number of carbonyl (C=O) groups excluding carboxylic acids is 1. The Kier molecular flexibility index (Phi) is 6.12. The molecule has 0 aliphatic heterocycles. The number of rotatable bonds is 7. The van der Waals surface area contributed by atoms with Crippen molar-refractivity contribution < 1.29 is 9.18 Å². The van der Waals surface area contributed by atoms with E-state index in [0.717, 1.165) is 29.3 Å². The fraction of sp³-hybridized carbons (Fsp3) is 0.190. The van der Waals surface area contributed by atoms with Gasteiger partial charge in [0.05, 0.1) is 11.2 Å². The maximum Gasteiger partial charge on any atom is 0.248 e. The number of carbonyl (C=O) groups is 1. The van der Waals surface area contributed by atoms with Gasteiger partial charge in [-0.15, -0.1) is 10.2 Å². The lowest BCUT2D eigenvalue weighted by Gasteiger charge is -2.44. The van der Waals surface area contributed by atoms with Gasteiger partial charge in [0, 0.05) is 15.6 Å². The minimum absolute atomic E-state index is 0.169. The van der Waals surface area contributed by atoms with Crippen LogP contribution >= 0.6 is 15.9 Å². The third-order valence-corrected chi connectivity index (χ3v) is 5.73. The number of primary amides is 1. The summed E-state index contributed by atoms with van der Waals surface area (Å²) in [5.41, 5.74) is 11.9. The van der Waals surface area contributed by atoms with E-state index >= 15 is 0 Å². The van der Waals surface area contributed by atoms with Crippen LogP contribution in [0.15, 0.2) is 65.3 Å². The number of aromatic nitrogens is 2. The number of nitrogens with zero attached hydrogens (tertiary/aromatic N) is 2. The number of hydrogen-bond acceptors (Lipinski definition) is 5. The van der Waals surface area contributed by atoms with Gasteiger partial charge in [-0.25, -0.2) is 4.39 Å². The van der Waals surface area contributed by atoms with Gasteiger partial charge in [-0.3, -0.25) is 4.79 Å². The Hall–Kier alpha value is -3.00. The molecule has 29 heavy (non-hydrogen) atoms. The van der Waals surface area contributed by atoms with Gasteiger partial charge in [0.25, 0.3) is 0 Å². The Morgan fingerprint density at radius 2 is 2.03 bits per heavy atom. The van der Waals surface area contributed by atoms with Crippen molar-refractivity contribution in [3.63, 3.8) is 0 Å². The molecule has 0 radical (unpaired) electrons. The molecular weight excluding hydrogens is 437 g/mol. The average molecular weight is 458 g/mol. The molecular formula is C21H21BrFN5O. The molecule has 0 atom stereocenters. The number of amides is 1. The van der Waals surface area contributed by atoms with Crippen LogP contribution in [-0.2, 0) is 0 Å². The summed E-state index contributed by atoms with van der Waals surface area (Å²) in [6, 6.07) is 7.27. The number of nitrogens with two attached hydrogens (primary N) is 2. The lowest BCUT2D eigenvalue weighted by atomic mass is 9.71. The molecule has 1 aromatic carbocycles. The predicted molar refractivity (Wildman–Crippen MR) is 116 cm³/mol. The van der Waals surface area contributed by atoms with Gasteiger partial charge in [-0.05, 0) is 73.5 Å². The van der Waals surface area contributed by atoms with E-state index in [9.17, 15) is 9.18 Å². The monoisotopic (exact) mass is 457 g/mol. The summed E-state index contributed by atoms with van der Waals surface area (Å²) in [7, 11) is 0. The van der Waals surface area contributed by atoms with E-state index in [4.69, 9.17) is 11.5 Å². The molecule has 0 bridgehead atoms. The molecule has 0 saturated heterocycles. The molecule has 0 unspecified atom stereocenters. The van der Waals surface area contributed by atoms with Crippen LogP contribution in [0.4, 0.5) is 10.2 Å². The number of anilines is 1. The van der Waals surface area contributed by atoms with Gasteiger partial charge >= 0.3 is 0 Å². The van der Waals surface area contributed by atoms with Crippen LogP contribution in [0, 0.1) is 5.82 Å². The van der Waals surface area contributed by atoms with Crippen LogP contribution in [0.25, 0.3) is 11.3 Å². The number of benzene rings is 1. The Bertz CT molecular complexity index is 997. The van der Waals surface area contributed by atoms with Crippen LogP contribution in [-0.4, -0.2) is 21.6 Å². The first kappa shape index (κ1) is 20.7. The minimum atomic E-state index is -0.633. The van der Waals surface area contributed by atoms with Gasteiger partial charge < -0.3 is 16.8 Å². The zero-order valence-corrected chi connectivity index (χ0v) is 17.2. The highest BCUT2D eigenvalue weighted by Gasteiger charge is 2.40. The molecule has 1 aliphatic carbocycles. The van der Waals surface area contributed by atoms with Crippen molar-refractivity contribution in [3.05, 3.63) is 76.7 Å². The van der Waals surface area contributed by atoms with Crippen molar-refractivity contribution in [1.82, 2.24) is 10.2 Å². The van der Waals surface area contributed by atoms with E-state index in [1.165, 1.54) is 24.4 Å². The molecule has 3 rings (SSSR count). The molecule has 8 heteroatoms. The first-order valence-electron chi connectivity index (χ1n) is 9.02. The fourth-order valence-electron chi connectivity index (χ4n) is 3.16. The Morgan fingerprint density at radius 1 is 1.28 bits per heavy atom. The first-order valence-corrected chi connectivity index (χ1v) is 9.81. The molecule has 1 saturated carbocycles. The van der Waals surface area contributed by atoms with Crippen molar-refractivity contribution in [2.75, 3.05) is 5.32 Å². The third kappa shape index (κ3) is 4.37. The summed E-state index contributed by atoms with van der Waals surface area (Å²) < 4.78 is 15.0. The number of allylic oxidation sites excluding steroid dienone is 2. The van der Waals surface area contributed by atoms with Crippen molar-refractivity contribution in [2.45, 2.75) is 24.8 Å². The van der Waals surface area contributed by atoms with E-state index < -0.39 is 11.7 Å². The van der Waals surface area contributed by atoms with E-state index in [1.54, 1.807) is 18.2 Å². The third-order valence-electron chi connectivity index (χ3n) is 4.99. The molecule has 2 aromatic rings. The Morgan fingerprint density at radius 3 is 2.59 bits per heavy atom. The summed E-state index contributed by atoms with van der Waals surface area (Å²) in [6.45, 7) is 4.21. The van der Waals surface area contributed by atoms with E-state index in [2.05, 4.69) is 38.0 Å². The summed E-state index contributed by atoms with van der Waals surface area (Å²) >= 11 is 3.54. The van der Waals surface area contributed by atoms with E-state index in [0.29, 0.717) is 11.5 Å².